The van der Waals surface area contributed by atoms with Crippen molar-refractivity contribution < 1.29 is 0 Å². The maximum Gasteiger partial charge on any atom is 0.0397 e. The minimum atomic E-state index is 0.359. The van der Waals surface area contributed by atoms with Crippen LogP contribution in [0.4, 0.5) is 0 Å². The van der Waals surface area contributed by atoms with Crippen molar-refractivity contribution in [3.8, 4) is 0 Å². The van der Waals surface area contributed by atoms with E-state index >= 15 is 0 Å². The summed E-state index contributed by atoms with van der Waals surface area (Å²) in [5.74, 6) is 6.84. The average molecular weight is 281 g/mol. The van der Waals surface area contributed by atoms with Gasteiger partial charge in [-0.05, 0) is 51.1 Å². The zero-order valence-electron chi connectivity index (χ0n) is 13.7. The number of hydrogen-bond donors (Lipinski definition) is 2. The van der Waals surface area contributed by atoms with Crippen molar-refractivity contribution in [2.45, 2.75) is 89.6 Å². The van der Waals surface area contributed by atoms with Gasteiger partial charge in [-0.15, -0.1) is 0 Å². The molecule has 1 saturated carbocycles. The Morgan fingerprint density at radius 3 is 2.10 bits per heavy atom. The molecular formula is C17H35N3. The van der Waals surface area contributed by atoms with Crippen LogP contribution in [0.2, 0.25) is 0 Å². The van der Waals surface area contributed by atoms with Crippen molar-refractivity contribution in [2.75, 3.05) is 13.1 Å². The van der Waals surface area contributed by atoms with Gasteiger partial charge in [0.25, 0.3) is 0 Å². The Labute approximate surface area is 125 Å². The maximum atomic E-state index is 6.03. The Balaban J connectivity index is 2.11. The number of piperidine rings is 1. The van der Waals surface area contributed by atoms with Crippen LogP contribution in [0.15, 0.2) is 0 Å². The molecule has 1 unspecified atom stereocenters. The van der Waals surface area contributed by atoms with Crippen LogP contribution in [-0.4, -0.2) is 29.6 Å². The summed E-state index contributed by atoms with van der Waals surface area (Å²) in [6.07, 6.45) is 13.5. The quantitative estimate of drug-likeness (QED) is 0.555. The predicted molar refractivity (Wildman–Crippen MR) is 86.4 cm³/mol. The molecule has 2 aliphatic rings. The summed E-state index contributed by atoms with van der Waals surface area (Å²) in [4.78, 5) is 2.80. The van der Waals surface area contributed by atoms with E-state index in [1.807, 2.05) is 0 Å². The molecule has 2 fully saturated rings. The molecule has 1 atom stereocenters. The molecule has 1 saturated heterocycles. The smallest absolute Gasteiger partial charge is 0.0397 e. The number of hydrogen-bond acceptors (Lipinski definition) is 3. The van der Waals surface area contributed by atoms with Gasteiger partial charge in [-0.25, -0.2) is 0 Å². The zero-order valence-corrected chi connectivity index (χ0v) is 13.7. The summed E-state index contributed by atoms with van der Waals surface area (Å²) in [5.41, 5.74) is 3.60. The van der Waals surface area contributed by atoms with E-state index in [9.17, 15) is 0 Å². The van der Waals surface area contributed by atoms with E-state index in [-0.39, 0.29) is 0 Å². The molecular weight excluding hydrogens is 246 g/mol. The van der Waals surface area contributed by atoms with Crippen LogP contribution in [0.5, 0.6) is 0 Å². The molecule has 0 spiro atoms. The lowest BCUT2D eigenvalue weighted by Crippen LogP contribution is -2.62. The second-order valence-corrected chi connectivity index (χ2v) is 7.00. The van der Waals surface area contributed by atoms with E-state index in [4.69, 9.17) is 5.84 Å². The Bertz CT molecular complexity index is 263. The van der Waals surface area contributed by atoms with Gasteiger partial charge in [0.05, 0.1) is 0 Å². The molecule has 1 aliphatic heterocycles. The number of nitrogens with one attached hydrogen (secondary N) is 1. The lowest BCUT2D eigenvalue weighted by Gasteiger charge is -2.49. The number of nitrogens with two attached hydrogens (primary N) is 1. The third-order valence-electron chi connectivity index (χ3n) is 6.03. The fraction of sp³-hybridized carbons (Fsp3) is 1.00. The normalized spacial score (nSPS) is 25.2. The fourth-order valence-electron chi connectivity index (χ4n) is 4.61. The van der Waals surface area contributed by atoms with Crippen molar-refractivity contribution in [3.63, 3.8) is 0 Å². The summed E-state index contributed by atoms with van der Waals surface area (Å²) >= 11 is 0. The van der Waals surface area contributed by atoms with Crippen LogP contribution in [0.3, 0.4) is 0 Å². The molecule has 0 amide bonds. The van der Waals surface area contributed by atoms with Crippen LogP contribution in [0.25, 0.3) is 0 Å². The first-order valence-corrected chi connectivity index (χ1v) is 8.98. The molecule has 0 bridgehead atoms. The maximum absolute atomic E-state index is 6.03. The summed E-state index contributed by atoms with van der Waals surface area (Å²) < 4.78 is 0. The summed E-state index contributed by atoms with van der Waals surface area (Å²) in [6.45, 7) is 7.23. The van der Waals surface area contributed by atoms with Gasteiger partial charge in [-0.1, -0.05) is 46.0 Å². The average Bonchev–Trinajstić information content (AvgIpc) is 3.00. The summed E-state index contributed by atoms with van der Waals surface area (Å²) in [6, 6.07) is 0.480. The van der Waals surface area contributed by atoms with Crippen LogP contribution in [0.1, 0.15) is 78.1 Å². The van der Waals surface area contributed by atoms with Crippen molar-refractivity contribution in [1.29, 1.82) is 0 Å². The van der Waals surface area contributed by atoms with E-state index in [1.165, 1.54) is 77.3 Å². The molecule has 1 heterocycles. The molecule has 118 valence electrons. The van der Waals surface area contributed by atoms with E-state index < -0.39 is 0 Å². The summed E-state index contributed by atoms with van der Waals surface area (Å²) in [7, 11) is 0. The lowest BCUT2D eigenvalue weighted by molar-refractivity contribution is 0.0282. The topological polar surface area (TPSA) is 41.3 Å². The molecule has 0 aromatic rings. The van der Waals surface area contributed by atoms with Gasteiger partial charge in [-0.3, -0.25) is 16.2 Å². The highest BCUT2D eigenvalue weighted by Crippen LogP contribution is 2.41. The SMILES string of the molecule is CCC(CC)CC(NN)C1(N2CCCCC2)CCCC1. The Morgan fingerprint density at radius 2 is 1.60 bits per heavy atom. The third kappa shape index (κ3) is 3.37. The Hall–Kier alpha value is -0.120. The van der Waals surface area contributed by atoms with Gasteiger partial charge >= 0.3 is 0 Å². The first-order valence-electron chi connectivity index (χ1n) is 8.98. The highest BCUT2D eigenvalue weighted by Gasteiger charge is 2.45. The molecule has 1 aliphatic carbocycles. The van der Waals surface area contributed by atoms with Crippen LogP contribution >= 0.6 is 0 Å². The zero-order chi connectivity index (χ0) is 14.4. The van der Waals surface area contributed by atoms with E-state index in [2.05, 4.69) is 24.2 Å². The lowest BCUT2D eigenvalue weighted by atomic mass is 9.79. The molecule has 0 aromatic heterocycles. The highest BCUT2D eigenvalue weighted by atomic mass is 15.3. The van der Waals surface area contributed by atoms with Crippen molar-refractivity contribution in [3.05, 3.63) is 0 Å². The molecule has 3 heteroatoms. The Morgan fingerprint density at radius 1 is 1.00 bits per heavy atom. The first kappa shape index (κ1) is 16.3. The molecule has 0 radical (unpaired) electrons. The minimum absolute atomic E-state index is 0.359. The largest absolute Gasteiger partial charge is 0.296 e. The fourth-order valence-corrected chi connectivity index (χ4v) is 4.61. The Kier molecular flexibility index (Phi) is 6.31. The van der Waals surface area contributed by atoms with Crippen LogP contribution in [0, 0.1) is 5.92 Å². The van der Waals surface area contributed by atoms with E-state index in [1.54, 1.807) is 0 Å². The number of hydrazine groups is 1. The molecule has 20 heavy (non-hydrogen) atoms. The van der Waals surface area contributed by atoms with Gasteiger partial charge < -0.3 is 0 Å². The van der Waals surface area contributed by atoms with Gasteiger partial charge in [0, 0.05) is 11.6 Å². The molecule has 3 nitrogen and oxygen atoms in total. The molecule has 2 rings (SSSR count). The third-order valence-corrected chi connectivity index (χ3v) is 6.03. The standard InChI is InChI=1S/C17H35N3/c1-3-15(4-2)14-16(19-18)17(10-6-7-11-17)20-12-8-5-9-13-20/h15-16,19H,3-14,18H2,1-2H3. The molecule has 0 aromatic carbocycles. The summed E-state index contributed by atoms with van der Waals surface area (Å²) in [5, 5.41) is 0. The first-order chi connectivity index (χ1) is 9.76. The number of nitrogens with zero attached hydrogens (tertiary/aromatic N) is 1. The van der Waals surface area contributed by atoms with Gasteiger partial charge in [0.15, 0.2) is 0 Å². The van der Waals surface area contributed by atoms with Crippen LogP contribution in [-0.2, 0) is 0 Å². The highest BCUT2D eigenvalue weighted by molar-refractivity contribution is 5.04. The van der Waals surface area contributed by atoms with Gasteiger partial charge in [0.2, 0.25) is 0 Å². The number of likely N-dealkylation sites (tertiary alicyclic amines) is 1. The van der Waals surface area contributed by atoms with Gasteiger partial charge in [-0.2, -0.15) is 0 Å². The number of rotatable bonds is 7. The van der Waals surface area contributed by atoms with E-state index in [0.29, 0.717) is 11.6 Å². The van der Waals surface area contributed by atoms with Gasteiger partial charge in [0.1, 0.15) is 0 Å². The molecule has 3 N–H and O–H groups in total. The minimum Gasteiger partial charge on any atom is -0.296 e. The van der Waals surface area contributed by atoms with Crippen LogP contribution < -0.4 is 11.3 Å². The second kappa shape index (κ2) is 7.77. The van der Waals surface area contributed by atoms with E-state index in [0.717, 1.165) is 5.92 Å². The van der Waals surface area contributed by atoms with Crippen molar-refractivity contribution in [1.82, 2.24) is 10.3 Å². The second-order valence-electron chi connectivity index (χ2n) is 7.00. The monoisotopic (exact) mass is 281 g/mol. The van der Waals surface area contributed by atoms with Crippen molar-refractivity contribution >= 4 is 0 Å². The predicted octanol–water partition coefficient (Wildman–Crippen LogP) is 3.44. The van der Waals surface area contributed by atoms with Crippen molar-refractivity contribution in [2.24, 2.45) is 11.8 Å².